The molecule has 3 aromatic carbocycles. The predicted octanol–water partition coefficient (Wildman–Crippen LogP) is 5.36. The summed E-state index contributed by atoms with van der Waals surface area (Å²) in [4.78, 5) is 27.5. The number of aliphatic hydroxyl groups excluding tert-OH is 1. The predicted molar refractivity (Wildman–Crippen MR) is 129 cm³/mol. The zero-order valence-corrected chi connectivity index (χ0v) is 20.0. The summed E-state index contributed by atoms with van der Waals surface area (Å²) in [6.45, 7) is 0. The Labute approximate surface area is 210 Å². The Kier molecular flexibility index (Phi) is 6.84. The molecule has 1 heterocycles. The van der Waals surface area contributed by atoms with Crippen LogP contribution in [0.5, 0.6) is 17.2 Å². The second-order valence-electron chi connectivity index (χ2n) is 8.05. The topological polar surface area (TPSA) is 85.3 Å². The van der Waals surface area contributed by atoms with E-state index in [0.29, 0.717) is 11.5 Å². The Morgan fingerprint density at radius 3 is 2.11 bits per heavy atom. The molecule has 37 heavy (non-hydrogen) atoms. The van der Waals surface area contributed by atoms with E-state index in [-0.39, 0.29) is 28.1 Å². The van der Waals surface area contributed by atoms with Gasteiger partial charge in [0.15, 0.2) is 0 Å². The van der Waals surface area contributed by atoms with E-state index in [2.05, 4.69) is 0 Å². The van der Waals surface area contributed by atoms with E-state index in [1.54, 1.807) is 18.2 Å². The average molecular weight is 513 g/mol. The minimum atomic E-state index is -4.68. The van der Waals surface area contributed by atoms with Crippen molar-refractivity contribution in [3.05, 3.63) is 89.0 Å². The minimum Gasteiger partial charge on any atom is -0.507 e. The quantitative estimate of drug-likeness (QED) is 0.272. The number of benzene rings is 3. The maximum Gasteiger partial charge on any atom is 0.416 e. The first-order chi connectivity index (χ1) is 17.6. The summed E-state index contributed by atoms with van der Waals surface area (Å²) in [5.74, 6) is -1.56. The van der Waals surface area contributed by atoms with Crippen LogP contribution in [-0.2, 0) is 15.8 Å². The summed E-state index contributed by atoms with van der Waals surface area (Å²) in [7, 11) is 4.26. The Bertz CT molecular complexity index is 1380. The van der Waals surface area contributed by atoms with E-state index in [9.17, 15) is 27.9 Å². The van der Waals surface area contributed by atoms with Gasteiger partial charge >= 0.3 is 6.18 Å². The second kappa shape index (κ2) is 9.88. The number of rotatable bonds is 6. The highest BCUT2D eigenvalue weighted by molar-refractivity contribution is 6.51. The normalized spacial score (nSPS) is 17.1. The number of Topliss-reactive ketones (excluding diaryl/α,β-unsaturated/α-hetero) is 1. The van der Waals surface area contributed by atoms with Gasteiger partial charge in [-0.2, -0.15) is 13.2 Å². The van der Waals surface area contributed by atoms with Gasteiger partial charge in [0.2, 0.25) is 0 Å². The van der Waals surface area contributed by atoms with Gasteiger partial charge in [-0.15, -0.1) is 0 Å². The van der Waals surface area contributed by atoms with Crippen molar-refractivity contribution in [3.63, 3.8) is 0 Å². The molecule has 0 unspecified atom stereocenters. The van der Waals surface area contributed by atoms with Gasteiger partial charge in [-0.25, -0.2) is 0 Å². The number of ketones is 1. The molecule has 0 aliphatic carbocycles. The molecule has 4 rings (SSSR count). The number of hydrogen-bond donors (Lipinski definition) is 1. The number of ether oxygens (including phenoxy) is 3. The zero-order valence-electron chi connectivity index (χ0n) is 20.0. The smallest absolute Gasteiger partial charge is 0.416 e. The fourth-order valence-electron chi connectivity index (χ4n) is 4.17. The minimum absolute atomic E-state index is 0.173. The number of alkyl halides is 3. The first-order valence-electron chi connectivity index (χ1n) is 10.9. The van der Waals surface area contributed by atoms with Gasteiger partial charge in [-0.05, 0) is 54.6 Å². The third-order valence-corrected chi connectivity index (χ3v) is 5.99. The summed E-state index contributed by atoms with van der Waals surface area (Å²) in [5, 5.41) is 11.2. The highest BCUT2D eigenvalue weighted by Crippen LogP contribution is 2.46. The number of nitrogens with zero attached hydrogens (tertiary/aromatic N) is 1. The summed E-state index contributed by atoms with van der Waals surface area (Å²) in [6.07, 6.45) is -4.68. The van der Waals surface area contributed by atoms with Crippen LogP contribution in [0.15, 0.2) is 72.3 Å². The van der Waals surface area contributed by atoms with Crippen molar-refractivity contribution in [2.45, 2.75) is 12.2 Å². The number of anilines is 1. The highest BCUT2D eigenvalue weighted by Gasteiger charge is 2.48. The molecule has 1 fully saturated rings. The first kappa shape index (κ1) is 25.6. The third kappa shape index (κ3) is 4.69. The molecule has 1 aliphatic rings. The standard InChI is InChI=1S/C27H22F3NO6/c1-35-18-9-7-15(8-10-18)24(32)22-23(20-12-11-19(36-2)14-21(20)37-3)31(26(34)25(22)33)17-6-4-5-16(13-17)27(28,29)30/h4-14,23,32H,1-3H3/b24-22+/t23-/m1/s1. The molecule has 3 aromatic rings. The molecule has 0 saturated carbocycles. The molecule has 1 atom stereocenters. The lowest BCUT2D eigenvalue weighted by Gasteiger charge is -2.27. The lowest BCUT2D eigenvalue weighted by Crippen LogP contribution is -2.30. The Hall–Kier alpha value is -4.47. The maximum atomic E-state index is 13.5. The van der Waals surface area contributed by atoms with Gasteiger partial charge < -0.3 is 19.3 Å². The van der Waals surface area contributed by atoms with Gasteiger partial charge in [-0.3, -0.25) is 14.5 Å². The van der Waals surface area contributed by atoms with Crippen LogP contribution < -0.4 is 19.1 Å². The van der Waals surface area contributed by atoms with Crippen molar-refractivity contribution >= 4 is 23.1 Å². The highest BCUT2D eigenvalue weighted by atomic mass is 19.4. The number of methoxy groups -OCH3 is 3. The van der Waals surface area contributed by atoms with Crippen molar-refractivity contribution in [3.8, 4) is 17.2 Å². The molecule has 1 N–H and O–H groups in total. The summed E-state index contributed by atoms with van der Waals surface area (Å²) in [6, 6.07) is 13.5. The van der Waals surface area contributed by atoms with E-state index < -0.39 is 35.2 Å². The van der Waals surface area contributed by atoms with Gasteiger partial charge in [0.1, 0.15) is 23.0 Å². The Morgan fingerprint density at radius 1 is 0.865 bits per heavy atom. The molecule has 0 bridgehead atoms. The van der Waals surface area contributed by atoms with Crippen molar-refractivity contribution in [2.24, 2.45) is 0 Å². The molecule has 1 amide bonds. The molecular formula is C27H22F3NO6. The number of halogens is 3. The van der Waals surface area contributed by atoms with Crippen LogP contribution in [0.2, 0.25) is 0 Å². The van der Waals surface area contributed by atoms with E-state index in [1.807, 2.05) is 0 Å². The van der Waals surface area contributed by atoms with Crippen LogP contribution in [0.25, 0.3) is 5.76 Å². The number of carbonyl (C=O) groups excluding carboxylic acids is 2. The second-order valence-corrected chi connectivity index (χ2v) is 8.05. The van der Waals surface area contributed by atoms with Gasteiger partial charge in [0.25, 0.3) is 11.7 Å². The Morgan fingerprint density at radius 2 is 1.51 bits per heavy atom. The molecule has 1 saturated heterocycles. The summed E-state index contributed by atoms with van der Waals surface area (Å²) in [5.41, 5.74) is -1.01. The number of aliphatic hydroxyl groups is 1. The molecule has 0 radical (unpaired) electrons. The number of carbonyl (C=O) groups is 2. The van der Waals surface area contributed by atoms with Crippen LogP contribution in [0, 0.1) is 0 Å². The molecular weight excluding hydrogens is 491 g/mol. The van der Waals surface area contributed by atoms with Crippen LogP contribution in [-0.4, -0.2) is 38.1 Å². The summed E-state index contributed by atoms with van der Waals surface area (Å²) < 4.78 is 56.2. The summed E-state index contributed by atoms with van der Waals surface area (Å²) >= 11 is 0. The maximum absolute atomic E-state index is 13.5. The zero-order chi connectivity index (χ0) is 26.9. The number of hydrogen-bond acceptors (Lipinski definition) is 6. The molecule has 10 heteroatoms. The molecule has 1 aliphatic heterocycles. The van der Waals surface area contributed by atoms with E-state index in [1.165, 1.54) is 51.7 Å². The Balaban J connectivity index is 1.98. The SMILES string of the molecule is COc1ccc(/C(O)=C2\C(=O)C(=O)N(c3cccc(C(F)(F)F)c3)[C@@H]2c2ccc(OC)cc2OC)cc1. The van der Waals surface area contributed by atoms with E-state index >= 15 is 0 Å². The van der Waals surface area contributed by atoms with E-state index in [4.69, 9.17) is 14.2 Å². The van der Waals surface area contributed by atoms with Crippen LogP contribution >= 0.6 is 0 Å². The van der Waals surface area contributed by atoms with Gasteiger partial charge in [0.05, 0.1) is 38.5 Å². The largest absolute Gasteiger partial charge is 0.507 e. The van der Waals surface area contributed by atoms with Gasteiger partial charge in [-0.1, -0.05) is 6.07 Å². The van der Waals surface area contributed by atoms with Crippen LogP contribution in [0.1, 0.15) is 22.7 Å². The fraction of sp³-hybridized carbons (Fsp3) is 0.185. The monoisotopic (exact) mass is 513 g/mol. The fourth-order valence-corrected chi connectivity index (χ4v) is 4.17. The average Bonchev–Trinajstić information content (AvgIpc) is 3.17. The van der Waals surface area contributed by atoms with E-state index in [0.717, 1.165) is 23.1 Å². The molecule has 0 aromatic heterocycles. The lowest BCUT2D eigenvalue weighted by atomic mass is 9.94. The van der Waals surface area contributed by atoms with Crippen molar-refractivity contribution < 1.29 is 42.1 Å². The van der Waals surface area contributed by atoms with Crippen LogP contribution in [0.4, 0.5) is 18.9 Å². The van der Waals surface area contributed by atoms with Crippen molar-refractivity contribution in [1.29, 1.82) is 0 Å². The third-order valence-electron chi connectivity index (χ3n) is 5.99. The first-order valence-corrected chi connectivity index (χ1v) is 10.9. The van der Waals surface area contributed by atoms with Crippen molar-refractivity contribution in [2.75, 3.05) is 26.2 Å². The van der Waals surface area contributed by atoms with Crippen molar-refractivity contribution in [1.82, 2.24) is 0 Å². The van der Waals surface area contributed by atoms with Crippen LogP contribution in [0.3, 0.4) is 0 Å². The number of amides is 1. The molecule has 7 nitrogen and oxygen atoms in total. The molecule has 0 spiro atoms. The lowest BCUT2D eigenvalue weighted by molar-refractivity contribution is -0.137. The molecule has 192 valence electrons. The van der Waals surface area contributed by atoms with Gasteiger partial charge in [0, 0.05) is 22.9 Å².